The van der Waals surface area contributed by atoms with Crippen molar-refractivity contribution in [3.05, 3.63) is 35.4 Å². The molecule has 6 heteroatoms. The Balaban J connectivity index is 0.00000220. The quantitative estimate of drug-likeness (QED) is 0.910. The molecule has 0 aromatic heterocycles. The first-order valence-corrected chi connectivity index (χ1v) is 6.77. The lowest BCUT2D eigenvalue weighted by atomic mass is 9.79. The number of carbonyl (C=O) groups is 1. The van der Waals surface area contributed by atoms with Gasteiger partial charge in [-0.15, -0.1) is 12.4 Å². The van der Waals surface area contributed by atoms with E-state index < -0.39 is 11.6 Å². The highest BCUT2D eigenvalue weighted by atomic mass is 35.5. The van der Waals surface area contributed by atoms with Crippen molar-refractivity contribution in [3.8, 4) is 0 Å². The van der Waals surface area contributed by atoms with Crippen molar-refractivity contribution >= 4 is 18.3 Å². The molecule has 0 aliphatic carbocycles. The number of nitrogens with two attached hydrogens (primary N) is 1. The molecular formula is C15H21ClF2N2O. The van der Waals surface area contributed by atoms with Crippen LogP contribution >= 0.6 is 12.4 Å². The molecule has 2 N–H and O–H groups in total. The van der Waals surface area contributed by atoms with Crippen LogP contribution in [0.4, 0.5) is 8.78 Å². The minimum absolute atomic E-state index is 0. The minimum atomic E-state index is -0.675. The maximum Gasteiger partial charge on any atom is 0.227 e. The van der Waals surface area contributed by atoms with Crippen LogP contribution in [0.3, 0.4) is 0 Å². The minimum Gasteiger partial charge on any atom is -0.342 e. The number of nitrogens with zero attached hydrogens (tertiary/aromatic N) is 1. The topological polar surface area (TPSA) is 46.3 Å². The van der Waals surface area contributed by atoms with Gasteiger partial charge in [-0.3, -0.25) is 4.79 Å². The highest BCUT2D eigenvalue weighted by molar-refractivity contribution is 5.85. The van der Waals surface area contributed by atoms with Crippen LogP contribution in [0.2, 0.25) is 0 Å². The summed E-state index contributed by atoms with van der Waals surface area (Å²) in [6, 6.07) is 3.67. The zero-order chi connectivity index (χ0) is 14.9. The van der Waals surface area contributed by atoms with E-state index in [0.29, 0.717) is 19.5 Å². The van der Waals surface area contributed by atoms with Gasteiger partial charge in [-0.05, 0) is 24.0 Å². The van der Waals surface area contributed by atoms with Gasteiger partial charge in [0.1, 0.15) is 11.6 Å². The normalized spacial score (nSPS) is 20.8. The highest BCUT2D eigenvalue weighted by Crippen LogP contribution is 2.28. The zero-order valence-electron chi connectivity index (χ0n) is 12.2. The van der Waals surface area contributed by atoms with E-state index in [1.807, 2.05) is 13.8 Å². The molecule has 118 valence electrons. The number of benzene rings is 1. The second-order valence-corrected chi connectivity index (χ2v) is 6.08. The molecule has 0 saturated carbocycles. The van der Waals surface area contributed by atoms with Crippen LogP contribution in [-0.4, -0.2) is 29.9 Å². The summed E-state index contributed by atoms with van der Waals surface area (Å²) in [5, 5.41) is 0. The lowest BCUT2D eigenvalue weighted by Crippen LogP contribution is -2.54. The molecule has 1 aliphatic rings. The van der Waals surface area contributed by atoms with Gasteiger partial charge < -0.3 is 10.6 Å². The average molecular weight is 319 g/mol. The number of hydrogen-bond acceptors (Lipinski definition) is 2. The third kappa shape index (κ3) is 3.92. The predicted octanol–water partition coefficient (Wildman–Crippen LogP) is 2.51. The molecule has 0 spiro atoms. The second kappa shape index (κ2) is 6.71. The first-order valence-electron chi connectivity index (χ1n) is 6.77. The Hall–Kier alpha value is -1.20. The largest absolute Gasteiger partial charge is 0.342 e. The molecule has 2 rings (SSSR count). The molecule has 1 heterocycles. The lowest BCUT2D eigenvalue weighted by Gasteiger charge is -2.42. The van der Waals surface area contributed by atoms with Gasteiger partial charge in [0.25, 0.3) is 0 Å². The SMILES string of the molecule is CC1(C)CN(C(=O)Cc2c(F)cccc2F)CCC1N.Cl. The van der Waals surface area contributed by atoms with Crippen molar-refractivity contribution in [1.29, 1.82) is 0 Å². The zero-order valence-corrected chi connectivity index (χ0v) is 13.1. The highest BCUT2D eigenvalue weighted by Gasteiger charge is 2.35. The fourth-order valence-electron chi connectivity index (χ4n) is 2.55. The molecule has 1 aromatic rings. The van der Waals surface area contributed by atoms with E-state index in [0.717, 1.165) is 0 Å². The van der Waals surface area contributed by atoms with E-state index in [4.69, 9.17) is 5.73 Å². The summed E-state index contributed by atoms with van der Waals surface area (Å²) in [6.45, 7) is 5.06. The number of carbonyl (C=O) groups excluding carboxylic acids is 1. The molecule has 0 radical (unpaired) electrons. The van der Waals surface area contributed by atoms with Crippen LogP contribution in [0.15, 0.2) is 18.2 Å². The third-order valence-corrected chi connectivity index (χ3v) is 4.05. The van der Waals surface area contributed by atoms with Crippen LogP contribution in [-0.2, 0) is 11.2 Å². The van der Waals surface area contributed by atoms with E-state index in [1.165, 1.54) is 18.2 Å². The van der Waals surface area contributed by atoms with Crippen LogP contribution in [0, 0.1) is 17.0 Å². The number of rotatable bonds is 2. The summed E-state index contributed by atoms with van der Waals surface area (Å²) >= 11 is 0. The van der Waals surface area contributed by atoms with Crippen LogP contribution < -0.4 is 5.73 Å². The van der Waals surface area contributed by atoms with E-state index in [1.54, 1.807) is 4.90 Å². The Kier molecular flexibility index (Phi) is 5.70. The van der Waals surface area contributed by atoms with Gasteiger partial charge in [0.15, 0.2) is 0 Å². The number of halogens is 3. The van der Waals surface area contributed by atoms with E-state index in [9.17, 15) is 13.6 Å². The van der Waals surface area contributed by atoms with Crippen LogP contribution in [0.5, 0.6) is 0 Å². The Morgan fingerprint density at radius 2 is 1.95 bits per heavy atom. The Labute approximate surface area is 129 Å². The van der Waals surface area contributed by atoms with Crippen LogP contribution in [0.25, 0.3) is 0 Å². The fourth-order valence-corrected chi connectivity index (χ4v) is 2.55. The Morgan fingerprint density at radius 1 is 1.38 bits per heavy atom. The standard InChI is InChI=1S/C15H20F2N2O.ClH/c1-15(2)9-19(7-6-13(15)18)14(20)8-10-11(16)4-3-5-12(10)17;/h3-5,13H,6-9,18H2,1-2H3;1H. The van der Waals surface area contributed by atoms with Gasteiger partial charge in [0.2, 0.25) is 5.91 Å². The molecule has 1 saturated heterocycles. The summed E-state index contributed by atoms with van der Waals surface area (Å²) < 4.78 is 27.1. The van der Waals surface area contributed by atoms with Crippen molar-refractivity contribution in [3.63, 3.8) is 0 Å². The third-order valence-electron chi connectivity index (χ3n) is 4.05. The number of hydrogen-bond donors (Lipinski definition) is 1. The molecule has 0 bridgehead atoms. The fraction of sp³-hybridized carbons (Fsp3) is 0.533. The van der Waals surface area contributed by atoms with Crippen LogP contribution in [0.1, 0.15) is 25.8 Å². The molecule has 1 amide bonds. The smallest absolute Gasteiger partial charge is 0.227 e. The van der Waals surface area contributed by atoms with E-state index >= 15 is 0 Å². The number of piperidine rings is 1. The average Bonchev–Trinajstić information content (AvgIpc) is 2.37. The Morgan fingerprint density at radius 3 is 2.48 bits per heavy atom. The van der Waals surface area contributed by atoms with E-state index in [2.05, 4.69) is 0 Å². The number of amides is 1. The van der Waals surface area contributed by atoms with Crippen molar-refractivity contribution in [2.24, 2.45) is 11.1 Å². The molecule has 1 unspecified atom stereocenters. The van der Waals surface area contributed by atoms with Gasteiger partial charge in [0, 0.05) is 24.7 Å². The first-order chi connectivity index (χ1) is 9.31. The van der Waals surface area contributed by atoms with Gasteiger partial charge in [-0.2, -0.15) is 0 Å². The molecule has 1 aliphatic heterocycles. The molecule has 1 atom stereocenters. The maximum atomic E-state index is 13.6. The van der Waals surface area contributed by atoms with Gasteiger partial charge in [0.05, 0.1) is 6.42 Å². The van der Waals surface area contributed by atoms with Crippen molar-refractivity contribution < 1.29 is 13.6 Å². The summed E-state index contributed by atoms with van der Waals surface area (Å²) in [5.74, 6) is -1.60. The predicted molar refractivity (Wildman–Crippen MR) is 80.3 cm³/mol. The summed E-state index contributed by atoms with van der Waals surface area (Å²) in [4.78, 5) is 13.9. The molecule has 1 fully saturated rings. The lowest BCUT2D eigenvalue weighted by molar-refractivity contribution is -0.134. The van der Waals surface area contributed by atoms with Crippen molar-refractivity contribution in [2.45, 2.75) is 32.7 Å². The van der Waals surface area contributed by atoms with Gasteiger partial charge in [-0.25, -0.2) is 8.78 Å². The second-order valence-electron chi connectivity index (χ2n) is 6.08. The molecular weight excluding hydrogens is 298 g/mol. The van der Waals surface area contributed by atoms with Gasteiger partial charge in [-0.1, -0.05) is 19.9 Å². The monoisotopic (exact) mass is 318 g/mol. The maximum absolute atomic E-state index is 13.6. The summed E-state index contributed by atoms with van der Waals surface area (Å²) in [7, 11) is 0. The Bertz CT molecular complexity index is 502. The summed E-state index contributed by atoms with van der Waals surface area (Å²) in [5.41, 5.74) is 5.68. The van der Waals surface area contributed by atoms with E-state index in [-0.39, 0.29) is 41.8 Å². The van der Waals surface area contributed by atoms with Gasteiger partial charge >= 0.3 is 0 Å². The summed E-state index contributed by atoms with van der Waals surface area (Å²) in [6.07, 6.45) is 0.461. The molecule has 3 nitrogen and oxygen atoms in total. The molecule has 21 heavy (non-hydrogen) atoms. The first kappa shape index (κ1) is 17.9. The molecule has 1 aromatic carbocycles. The number of likely N-dealkylation sites (tertiary alicyclic amines) is 1. The van der Waals surface area contributed by atoms with Crippen molar-refractivity contribution in [2.75, 3.05) is 13.1 Å². The van der Waals surface area contributed by atoms with Crippen molar-refractivity contribution in [1.82, 2.24) is 4.90 Å².